The van der Waals surface area contributed by atoms with Crippen molar-refractivity contribution >= 4 is 33.0 Å². The number of alkyl halides is 2. The molecule has 0 saturated heterocycles. The second-order valence-corrected chi connectivity index (χ2v) is 8.49. The van der Waals surface area contributed by atoms with Gasteiger partial charge in [-0.2, -0.15) is 0 Å². The maximum Gasteiger partial charge on any atom is 0.234 e. The van der Waals surface area contributed by atoms with Crippen LogP contribution in [0.15, 0.2) is 22.7 Å². The van der Waals surface area contributed by atoms with E-state index in [0.29, 0.717) is 6.42 Å². The molecule has 0 heterocycles. The molecule has 128 valence electrons. The van der Waals surface area contributed by atoms with Crippen molar-refractivity contribution in [3.05, 3.63) is 28.2 Å². The standard InChI is InChI=1S/C17H25BBrF2OP/c1-6-11(3)16(20,23)17(18,21)22-14-9-12(8-13(19)10-14)15(4,5)7-2/h8-11H,6-7,23H2,1-5H3. The molecule has 6 heteroatoms. The van der Waals surface area contributed by atoms with Gasteiger partial charge in [0.2, 0.25) is 5.75 Å². The predicted molar refractivity (Wildman–Crippen MR) is 101 cm³/mol. The molecule has 1 aromatic carbocycles. The predicted octanol–water partition coefficient (Wildman–Crippen LogP) is 5.89. The molecule has 1 aromatic rings. The first-order valence-electron chi connectivity index (χ1n) is 7.83. The number of hydrogen-bond donors (Lipinski definition) is 0. The molecule has 0 aliphatic rings. The van der Waals surface area contributed by atoms with Gasteiger partial charge in [0.15, 0.2) is 13.3 Å². The molecule has 0 aromatic heterocycles. The zero-order valence-corrected chi connectivity index (χ0v) is 17.2. The maximum atomic E-state index is 14.8. The van der Waals surface area contributed by atoms with Crippen molar-refractivity contribution in [3.8, 4) is 5.75 Å². The Bertz CT molecular complexity index is 549. The Balaban J connectivity index is 3.18. The largest absolute Gasteiger partial charge is 0.464 e. The molecule has 0 bridgehead atoms. The lowest BCUT2D eigenvalue weighted by Crippen LogP contribution is -2.52. The highest BCUT2D eigenvalue weighted by atomic mass is 79.9. The Kier molecular flexibility index (Phi) is 6.72. The first-order valence-corrected chi connectivity index (χ1v) is 9.20. The number of halogens is 3. The Morgan fingerprint density at radius 1 is 1.26 bits per heavy atom. The van der Waals surface area contributed by atoms with Gasteiger partial charge in [0.05, 0.1) is 0 Å². The number of hydrogen-bond acceptors (Lipinski definition) is 1. The van der Waals surface area contributed by atoms with Gasteiger partial charge in [0.1, 0.15) is 5.75 Å². The van der Waals surface area contributed by atoms with Gasteiger partial charge >= 0.3 is 0 Å². The van der Waals surface area contributed by atoms with E-state index in [1.165, 1.54) is 0 Å². The number of benzene rings is 1. The van der Waals surface area contributed by atoms with E-state index in [4.69, 9.17) is 12.6 Å². The molecule has 0 amide bonds. The van der Waals surface area contributed by atoms with Crippen LogP contribution in [0.25, 0.3) is 0 Å². The molecular formula is C17H25BBrF2OP. The third-order valence-electron chi connectivity index (χ3n) is 4.66. The molecule has 0 spiro atoms. The van der Waals surface area contributed by atoms with E-state index in [0.717, 1.165) is 16.5 Å². The summed E-state index contributed by atoms with van der Waals surface area (Å²) in [6.07, 6.45) is 1.34. The average molecular weight is 405 g/mol. The molecular weight excluding hydrogens is 380 g/mol. The van der Waals surface area contributed by atoms with Gasteiger partial charge in [-0.25, -0.2) is 8.78 Å². The fourth-order valence-corrected chi connectivity index (χ4v) is 2.87. The molecule has 1 nitrogen and oxygen atoms in total. The van der Waals surface area contributed by atoms with Crippen molar-refractivity contribution in [2.75, 3.05) is 0 Å². The highest BCUT2D eigenvalue weighted by Crippen LogP contribution is 2.44. The normalized spacial score (nSPS) is 18.8. The number of ether oxygens (including phenoxy) is 1. The lowest BCUT2D eigenvalue weighted by atomic mass is 9.82. The van der Waals surface area contributed by atoms with Gasteiger partial charge in [0.25, 0.3) is 0 Å². The first-order chi connectivity index (χ1) is 10.4. The monoisotopic (exact) mass is 404 g/mol. The minimum Gasteiger partial charge on any atom is -0.464 e. The summed E-state index contributed by atoms with van der Waals surface area (Å²) in [4.78, 5) is 0. The van der Waals surface area contributed by atoms with Gasteiger partial charge in [0, 0.05) is 4.47 Å². The molecule has 4 unspecified atom stereocenters. The van der Waals surface area contributed by atoms with Crippen LogP contribution in [0.4, 0.5) is 8.78 Å². The average Bonchev–Trinajstić information content (AvgIpc) is 2.44. The van der Waals surface area contributed by atoms with Crippen molar-refractivity contribution in [1.82, 2.24) is 0 Å². The van der Waals surface area contributed by atoms with Gasteiger partial charge < -0.3 is 4.74 Å². The van der Waals surface area contributed by atoms with E-state index in [1.54, 1.807) is 26.0 Å². The van der Waals surface area contributed by atoms with Gasteiger partial charge in [-0.15, -0.1) is 0 Å². The highest BCUT2D eigenvalue weighted by Gasteiger charge is 2.51. The van der Waals surface area contributed by atoms with Gasteiger partial charge in [-0.3, -0.25) is 0 Å². The van der Waals surface area contributed by atoms with Crippen molar-refractivity contribution < 1.29 is 13.5 Å². The van der Waals surface area contributed by atoms with E-state index >= 15 is 0 Å². The van der Waals surface area contributed by atoms with Crippen LogP contribution in [0.1, 0.15) is 53.0 Å². The second-order valence-electron chi connectivity index (χ2n) is 6.74. The zero-order valence-electron chi connectivity index (χ0n) is 14.4. The lowest BCUT2D eigenvalue weighted by molar-refractivity contribution is -0.0881. The quantitative estimate of drug-likeness (QED) is 0.406. The van der Waals surface area contributed by atoms with Crippen LogP contribution in [-0.4, -0.2) is 19.0 Å². The summed E-state index contributed by atoms with van der Waals surface area (Å²) in [5.41, 5.74) is 0.858. The topological polar surface area (TPSA) is 9.23 Å². The van der Waals surface area contributed by atoms with Crippen LogP contribution < -0.4 is 4.74 Å². The molecule has 0 fully saturated rings. The van der Waals surface area contributed by atoms with E-state index in [-0.39, 0.29) is 11.2 Å². The SMILES string of the molecule is [B]C(F)(Oc1cc(Br)cc(C(C)(C)CC)c1)C(F)(P)C(C)CC. The summed E-state index contributed by atoms with van der Waals surface area (Å²) in [6.45, 7) is 9.61. The maximum absolute atomic E-state index is 14.8. The summed E-state index contributed by atoms with van der Waals surface area (Å²) >= 11 is 3.39. The summed E-state index contributed by atoms with van der Waals surface area (Å²) in [5.74, 6) is -3.35. The van der Waals surface area contributed by atoms with Crippen molar-refractivity contribution in [2.45, 2.75) is 64.0 Å². The van der Waals surface area contributed by atoms with Crippen LogP contribution in [0.3, 0.4) is 0 Å². The highest BCUT2D eigenvalue weighted by molar-refractivity contribution is 9.10. The summed E-state index contributed by atoms with van der Waals surface area (Å²) in [6, 6.07) is 5.26. The molecule has 0 N–H and O–H groups in total. The molecule has 2 radical (unpaired) electrons. The van der Waals surface area contributed by atoms with Crippen LogP contribution in [0.2, 0.25) is 0 Å². The van der Waals surface area contributed by atoms with Crippen LogP contribution in [0, 0.1) is 5.92 Å². The first kappa shape index (κ1) is 20.9. The third-order valence-corrected chi connectivity index (χ3v) is 6.08. The van der Waals surface area contributed by atoms with Crippen LogP contribution in [-0.2, 0) is 5.41 Å². The minimum atomic E-state index is -2.94. The van der Waals surface area contributed by atoms with Crippen molar-refractivity contribution in [3.63, 3.8) is 0 Å². The van der Waals surface area contributed by atoms with Gasteiger partial charge in [-0.05, 0) is 47.9 Å². The van der Waals surface area contributed by atoms with Crippen LogP contribution in [0.5, 0.6) is 5.75 Å². The molecule has 4 atom stereocenters. The van der Waals surface area contributed by atoms with E-state index in [2.05, 4.69) is 36.7 Å². The summed E-state index contributed by atoms with van der Waals surface area (Å²) < 4.78 is 35.5. The molecule has 23 heavy (non-hydrogen) atoms. The second kappa shape index (κ2) is 7.39. The Morgan fingerprint density at radius 3 is 2.30 bits per heavy atom. The van der Waals surface area contributed by atoms with Crippen molar-refractivity contribution in [1.29, 1.82) is 0 Å². The fourth-order valence-electron chi connectivity index (χ4n) is 2.10. The van der Waals surface area contributed by atoms with Crippen molar-refractivity contribution in [2.24, 2.45) is 5.92 Å². The lowest BCUT2D eigenvalue weighted by Gasteiger charge is -2.38. The summed E-state index contributed by atoms with van der Waals surface area (Å²) in [5, 5.41) is -2.38. The zero-order chi connectivity index (χ0) is 18.1. The fraction of sp³-hybridized carbons (Fsp3) is 0.647. The summed E-state index contributed by atoms with van der Waals surface area (Å²) in [7, 11) is 7.42. The minimum absolute atomic E-state index is 0.111. The van der Waals surface area contributed by atoms with E-state index < -0.39 is 17.1 Å². The molecule has 0 aliphatic heterocycles. The Hall–Kier alpha value is -0.145. The smallest absolute Gasteiger partial charge is 0.234 e. The number of rotatable bonds is 7. The molecule has 0 aliphatic carbocycles. The Morgan fingerprint density at radius 2 is 1.83 bits per heavy atom. The third kappa shape index (κ3) is 4.69. The molecule has 0 saturated carbocycles. The van der Waals surface area contributed by atoms with Crippen LogP contribution >= 0.6 is 25.2 Å². The van der Waals surface area contributed by atoms with E-state index in [1.807, 2.05) is 15.3 Å². The molecule has 1 rings (SSSR count). The van der Waals surface area contributed by atoms with E-state index in [9.17, 15) is 8.78 Å². The Labute approximate surface area is 150 Å². The van der Waals surface area contributed by atoms with Gasteiger partial charge in [-0.1, -0.05) is 59.8 Å².